The first kappa shape index (κ1) is 37.6. The van der Waals surface area contributed by atoms with Crippen LogP contribution >= 0.6 is 0 Å². The SMILES string of the molecule is CCC(C)(C)C(=O)/C=C(\O)C(C)(C)CC.Cc1[c-]c(-c2nc(C)nc3c2ccc2cc(C)c(C4CCCC4)c(C)c23)cc(C)c1.[Ir]. The molecule has 1 aliphatic rings. The summed E-state index contributed by atoms with van der Waals surface area (Å²) in [5, 5.41) is 13.6. The third-order valence-electron chi connectivity index (χ3n) is 10.2. The molecule has 249 valence electrons. The molecule has 4 aromatic rings. The summed E-state index contributed by atoms with van der Waals surface area (Å²) in [7, 11) is 0. The van der Waals surface area contributed by atoms with Crippen LogP contribution in [0.3, 0.4) is 0 Å². The van der Waals surface area contributed by atoms with Gasteiger partial charge in [-0.05, 0) is 85.5 Å². The van der Waals surface area contributed by atoms with E-state index in [2.05, 4.69) is 64.1 Å². The van der Waals surface area contributed by atoms with Gasteiger partial charge in [0.1, 0.15) is 11.6 Å². The van der Waals surface area contributed by atoms with E-state index in [4.69, 9.17) is 9.97 Å². The van der Waals surface area contributed by atoms with Crippen molar-refractivity contribution >= 4 is 27.5 Å². The topological polar surface area (TPSA) is 63.1 Å². The maximum Gasteiger partial charge on any atom is 0.164 e. The van der Waals surface area contributed by atoms with Crippen LogP contribution in [0.2, 0.25) is 0 Å². The van der Waals surface area contributed by atoms with E-state index < -0.39 is 0 Å². The molecule has 0 atom stereocenters. The molecule has 1 heterocycles. The Morgan fingerprint density at radius 2 is 1.57 bits per heavy atom. The molecule has 1 aliphatic carbocycles. The molecule has 1 N–H and O–H groups in total. The van der Waals surface area contributed by atoms with Gasteiger partial charge in [-0.1, -0.05) is 86.4 Å². The van der Waals surface area contributed by atoms with Crippen LogP contribution in [0.25, 0.3) is 32.9 Å². The molecule has 0 unspecified atom stereocenters. The Labute approximate surface area is 290 Å². The van der Waals surface area contributed by atoms with Crippen LogP contribution < -0.4 is 0 Å². The minimum absolute atomic E-state index is 0. The number of nitrogens with zero attached hydrogens (tertiary/aromatic N) is 2. The van der Waals surface area contributed by atoms with Gasteiger partial charge in [0.2, 0.25) is 0 Å². The summed E-state index contributed by atoms with van der Waals surface area (Å²) in [5.74, 6) is 1.71. The van der Waals surface area contributed by atoms with Crippen molar-refractivity contribution in [1.29, 1.82) is 0 Å². The molecule has 5 rings (SSSR count). The fourth-order valence-corrected chi connectivity index (χ4v) is 6.52. The minimum Gasteiger partial charge on any atom is -0.512 e. The fraction of sp³-hybridized carbons (Fsp3) is 0.488. The van der Waals surface area contributed by atoms with E-state index in [-0.39, 0.29) is 42.5 Å². The van der Waals surface area contributed by atoms with Crippen molar-refractivity contribution in [3.8, 4) is 11.3 Å². The molecular formula is C41H53IrN2O2-. The largest absolute Gasteiger partial charge is 0.512 e. The normalized spacial score (nSPS) is 14.3. The van der Waals surface area contributed by atoms with Crippen LogP contribution in [0.4, 0.5) is 0 Å². The molecule has 0 amide bonds. The zero-order valence-electron chi connectivity index (χ0n) is 29.9. The van der Waals surface area contributed by atoms with Crippen molar-refractivity contribution in [3.05, 3.63) is 81.9 Å². The predicted molar refractivity (Wildman–Crippen MR) is 190 cm³/mol. The molecular weight excluding hydrogens is 745 g/mol. The zero-order chi connectivity index (χ0) is 33.3. The van der Waals surface area contributed by atoms with E-state index in [0.717, 1.165) is 46.4 Å². The number of fused-ring (bicyclic) bond motifs is 3. The molecule has 5 heteroatoms. The fourth-order valence-electron chi connectivity index (χ4n) is 6.52. The van der Waals surface area contributed by atoms with Crippen molar-refractivity contribution < 1.29 is 30.0 Å². The number of ketones is 1. The van der Waals surface area contributed by atoms with E-state index in [0.29, 0.717) is 5.92 Å². The van der Waals surface area contributed by atoms with Crippen LogP contribution in [0.15, 0.2) is 42.2 Å². The standard InChI is InChI=1S/C28H29N2.C13H24O2.Ir/c1-16-12-17(2)14-23(13-16)27-24-11-10-22-15-18(3)25(21-8-6-7-9-21)19(4)26(22)28(24)30-20(5)29-27;1-7-12(3,4)10(14)9-11(15)13(5,6)8-2;/h10-13,15,21H,6-9H2,1-5H3;9,14H,7-8H2,1-6H3;/q-1;;/b;10-9-;. The number of hydrogen-bond acceptors (Lipinski definition) is 4. The van der Waals surface area contributed by atoms with Crippen molar-refractivity contribution in [3.63, 3.8) is 0 Å². The molecule has 0 bridgehead atoms. The maximum atomic E-state index is 11.8. The molecule has 1 saturated carbocycles. The number of hydrogen-bond donors (Lipinski definition) is 1. The van der Waals surface area contributed by atoms with Gasteiger partial charge in [0.25, 0.3) is 0 Å². The van der Waals surface area contributed by atoms with Gasteiger partial charge in [0.05, 0.1) is 5.52 Å². The smallest absolute Gasteiger partial charge is 0.164 e. The Kier molecular flexibility index (Phi) is 12.2. The first-order valence-electron chi connectivity index (χ1n) is 16.8. The number of rotatable bonds is 7. The first-order valence-corrected chi connectivity index (χ1v) is 16.8. The van der Waals surface area contributed by atoms with Gasteiger partial charge in [0.15, 0.2) is 5.78 Å². The Hall–Kier alpha value is -2.88. The second-order valence-corrected chi connectivity index (χ2v) is 14.5. The summed E-state index contributed by atoms with van der Waals surface area (Å²) in [6.07, 6.45) is 8.32. The molecule has 0 spiro atoms. The number of carbonyl (C=O) groups is 1. The molecule has 1 fully saturated rings. The van der Waals surface area contributed by atoms with E-state index in [9.17, 15) is 9.90 Å². The molecule has 0 saturated heterocycles. The van der Waals surface area contributed by atoms with Gasteiger partial charge < -0.3 is 5.11 Å². The average Bonchev–Trinajstić information content (AvgIpc) is 3.50. The number of aliphatic hydroxyl groups excluding tert-OH is 1. The Bertz CT molecular complexity index is 1740. The monoisotopic (exact) mass is 798 g/mol. The van der Waals surface area contributed by atoms with Crippen molar-refractivity contribution in [2.45, 2.75) is 121 Å². The molecule has 3 aromatic carbocycles. The van der Waals surface area contributed by atoms with E-state index >= 15 is 0 Å². The molecule has 0 aliphatic heterocycles. The zero-order valence-corrected chi connectivity index (χ0v) is 32.3. The van der Waals surface area contributed by atoms with E-state index in [1.54, 1.807) is 5.56 Å². The second kappa shape index (κ2) is 14.9. The van der Waals surface area contributed by atoms with Crippen molar-refractivity contribution in [2.24, 2.45) is 10.8 Å². The van der Waals surface area contributed by atoms with E-state index in [1.807, 2.05) is 48.5 Å². The van der Waals surface area contributed by atoms with Crippen LogP contribution in [0, 0.1) is 51.5 Å². The number of aromatic nitrogens is 2. The summed E-state index contributed by atoms with van der Waals surface area (Å²) in [6.45, 7) is 22.5. The number of allylic oxidation sites excluding steroid dienone is 2. The maximum absolute atomic E-state index is 11.8. The Balaban J connectivity index is 0.000000309. The summed E-state index contributed by atoms with van der Waals surface area (Å²) in [4.78, 5) is 21.7. The Morgan fingerprint density at radius 1 is 0.935 bits per heavy atom. The van der Waals surface area contributed by atoms with Gasteiger partial charge in [0, 0.05) is 42.4 Å². The number of carbonyl (C=O) groups excluding carboxylic acids is 1. The Morgan fingerprint density at radius 3 is 2.15 bits per heavy atom. The predicted octanol–water partition coefficient (Wildman–Crippen LogP) is 11.3. The molecule has 46 heavy (non-hydrogen) atoms. The number of aliphatic hydroxyl groups is 1. The van der Waals surface area contributed by atoms with Crippen LogP contribution in [0.5, 0.6) is 0 Å². The van der Waals surface area contributed by atoms with Gasteiger partial charge in [-0.3, -0.25) is 9.78 Å². The summed E-state index contributed by atoms with van der Waals surface area (Å²) in [5.41, 5.74) is 9.24. The summed E-state index contributed by atoms with van der Waals surface area (Å²) < 4.78 is 0. The first-order chi connectivity index (χ1) is 21.1. The van der Waals surface area contributed by atoms with Crippen molar-refractivity contribution in [2.75, 3.05) is 0 Å². The van der Waals surface area contributed by atoms with E-state index in [1.165, 1.54) is 59.2 Å². The van der Waals surface area contributed by atoms with Crippen LogP contribution in [-0.2, 0) is 24.9 Å². The van der Waals surface area contributed by atoms with Gasteiger partial charge in [-0.25, -0.2) is 4.98 Å². The van der Waals surface area contributed by atoms with Gasteiger partial charge in [-0.15, -0.1) is 34.9 Å². The molecule has 4 nitrogen and oxygen atoms in total. The van der Waals surface area contributed by atoms with Crippen LogP contribution in [0.1, 0.15) is 120 Å². The number of aryl methyl sites for hydroxylation is 5. The third-order valence-corrected chi connectivity index (χ3v) is 10.2. The summed E-state index contributed by atoms with van der Waals surface area (Å²) >= 11 is 0. The number of benzene rings is 3. The third kappa shape index (κ3) is 7.97. The quantitative estimate of drug-likeness (QED) is 0.0875. The molecule has 1 radical (unpaired) electrons. The second-order valence-electron chi connectivity index (χ2n) is 14.5. The summed E-state index contributed by atoms with van der Waals surface area (Å²) in [6, 6.07) is 14.7. The molecule has 1 aromatic heterocycles. The van der Waals surface area contributed by atoms with Crippen molar-refractivity contribution in [1.82, 2.24) is 9.97 Å². The van der Waals surface area contributed by atoms with Gasteiger partial charge >= 0.3 is 0 Å². The van der Waals surface area contributed by atoms with Gasteiger partial charge in [-0.2, -0.15) is 0 Å². The van der Waals surface area contributed by atoms with Crippen LogP contribution in [-0.4, -0.2) is 20.9 Å². The average molecular weight is 798 g/mol. The minimum atomic E-state index is -0.377.